The van der Waals surface area contributed by atoms with Crippen molar-refractivity contribution in [1.29, 1.82) is 0 Å². The molecule has 152 valence electrons. The molecular weight excluding hydrogens is 414 g/mol. The second-order valence-electron chi connectivity index (χ2n) is 6.22. The van der Waals surface area contributed by atoms with Crippen LogP contribution in [-0.4, -0.2) is 30.9 Å². The molecule has 0 aliphatic carbocycles. The van der Waals surface area contributed by atoms with Gasteiger partial charge >= 0.3 is 5.97 Å². The molecule has 2 aromatic heterocycles. The van der Waals surface area contributed by atoms with Crippen LogP contribution in [0, 0.1) is 13.8 Å². The highest BCUT2D eigenvalue weighted by molar-refractivity contribution is 7.92. The van der Waals surface area contributed by atoms with Gasteiger partial charge in [-0.05, 0) is 31.1 Å². The lowest BCUT2D eigenvalue weighted by Gasteiger charge is -2.05. The number of aromatic amines is 1. The van der Waals surface area contributed by atoms with E-state index in [1.165, 1.54) is 17.4 Å². The molecule has 10 heteroatoms. The smallest absolute Gasteiger partial charge is 0.321 e. The molecule has 0 amide bonds. The number of esters is 1. The van der Waals surface area contributed by atoms with Crippen molar-refractivity contribution in [2.24, 2.45) is 0 Å². The van der Waals surface area contributed by atoms with Crippen molar-refractivity contribution in [2.45, 2.75) is 20.5 Å². The van der Waals surface area contributed by atoms with Gasteiger partial charge in [0.2, 0.25) is 10.0 Å². The van der Waals surface area contributed by atoms with Gasteiger partial charge in [0.25, 0.3) is 5.56 Å². The summed E-state index contributed by atoms with van der Waals surface area (Å²) >= 11 is 1.39. The van der Waals surface area contributed by atoms with Gasteiger partial charge in [-0.2, -0.15) is 0 Å². The van der Waals surface area contributed by atoms with Crippen LogP contribution >= 0.6 is 11.3 Å². The number of hydrogen-bond donors (Lipinski definition) is 2. The zero-order valence-electron chi connectivity index (χ0n) is 15.8. The van der Waals surface area contributed by atoms with E-state index in [2.05, 4.69) is 14.7 Å². The zero-order chi connectivity index (χ0) is 21.0. The largest absolute Gasteiger partial charge is 0.457 e. The van der Waals surface area contributed by atoms with Crippen LogP contribution < -0.4 is 10.3 Å². The molecule has 0 aliphatic rings. The lowest BCUT2D eigenvalue weighted by molar-refractivity contribution is -0.143. The minimum atomic E-state index is -3.80. The van der Waals surface area contributed by atoms with Crippen molar-refractivity contribution < 1.29 is 17.9 Å². The predicted molar refractivity (Wildman–Crippen MR) is 112 cm³/mol. The van der Waals surface area contributed by atoms with E-state index in [9.17, 15) is 18.0 Å². The number of benzene rings is 1. The average Bonchev–Trinajstić information content (AvgIpc) is 2.98. The summed E-state index contributed by atoms with van der Waals surface area (Å²) in [5.41, 5.74) is 1.29. The van der Waals surface area contributed by atoms with Gasteiger partial charge in [-0.3, -0.25) is 9.59 Å². The second-order valence-corrected chi connectivity index (χ2v) is 9.07. The molecule has 3 rings (SSSR count). The molecule has 0 aliphatic heterocycles. The monoisotopic (exact) mass is 433 g/mol. The van der Waals surface area contributed by atoms with E-state index in [1.807, 2.05) is 19.9 Å². The minimum Gasteiger partial charge on any atom is -0.457 e. The maximum atomic E-state index is 12.2. The molecule has 0 spiro atoms. The second kappa shape index (κ2) is 8.68. The number of nitrogens with one attached hydrogen (secondary N) is 2. The van der Waals surface area contributed by atoms with Crippen LogP contribution in [0.5, 0.6) is 0 Å². The van der Waals surface area contributed by atoms with Crippen molar-refractivity contribution in [3.63, 3.8) is 0 Å². The molecule has 0 fully saturated rings. The first kappa shape index (κ1) is 20.9. The highest BCUT2D eigenvalue weighted by Gasteiger charge is 2.14. The molecule has 0 saturated heterocycles. The first-order valence-electron chi connectivity index (χ1n) is 8.62. The number of rotatable bonds is 7. The third kappa shape index (κ3) is 5.37. The van der Waals surface area contributed by atoms with Gasteiger partial charge in [0.15, 0.2) is 0 Å². The molecular formula is C19H19N3O5S2. The molecule has 1 aromatic carbocycles. The summed E-state index contributed by atoms with van der Waals surface area (Å²) in [6, 6.07) is 8.89. The van der Waals surface area contributed by atoms with Crippen LogP contribution in [0.4, 0.5) is 0 Å². The summed E-state index contributed by atoms with van der Waals surface area (Å²) in [6.07, 6.45) is 1.42. The van der Waals surface area contributed by atoms with Crippen LogP contribution in [-0.2, 0) is 26.2 Å². The summed E-state index contributed by atoms with van der Waals surface area (Å²) in [7, 11) is -3.80. The molecule has 3 aromatic rings. The fourth-order valence-corrected chi connectivity index (χ4v) is 4.31. The summed E-state index contributed by atoms with van der Waals surface area (Å²) in [6.45, 7) is 2.95. The Labute approximate surface area is 171 Å². The van der Waals surface area contributed by atoms with Gasteiger partial charge < -0.3 is 9.72 Å². The van der Waals surface area contributed by atoms with Crippen molar-refractivity contribution in [3.05, 3.63) is 67.9 Å². The van der Waals surface area contributed by atoms with Crippen molar-refractivity contribution in [3.8, 4) is 0 Å². The van der Waals surface area contributed by atoms with Crippen LogP contribution in [0.2, 0.25) is 0 Å². The van der Waals surface area contributed by atoms with E-state index in [0.29, 0.717) is 15.8 Å². The Bertz CT molecular complexity index is 1230. The number of aromatic nitrogens is 2. The molecule has 8 nitrogen and oxygen atoms in total. The standard InChI is InChI=1S/C19H19N3O5S2/c1-12-13(2)28-19-17(12)18(24)21-15(22-19)11-27-16(23)10-20-29(25,26)9-8-14-6-4-3-5-7-14/h3-9,20H,10-11H2,1-2H3,(H,21,22,24)/b9-8+. The van der Waals surface area contributed by atoms with Gasteiger partial charge in [-0.15, -0.1) is 11.3 Å². The maximum Gasteiger partial charge on any atom is 0.321 e. The number of hydrogen-bond acceptors (Lipinski definition) is 7. The first-order chi connectivity index (χ1) is 13.7. The molecule has 0 saturated carbocycles. The molecule has 2 N–H and O–H groups in total. The number of ether oxygens (including phenoxy) is 1. The fourth-order valence-electron chi connectivity index (χ4n) is 2.51. The fraction of sp³-hybridized carbons (Fsp3) is 0.211. The van der Waals surface area contributed by atoms with E-state index in [4.69, 9.17) is 4.74 Å². The molecule has 0 atom stereocenters. The molecule has 2 heterocycles. The number of carbonyl (C=O) groups excluding carboxylic acids is 1. The van der Waals surface area contributed by atoms with E-state index < -0.39 is 22.5 Å². The summed E-state index contributed by atoms with van der Waals surface area (Å²) in [5.74, 6) is -0.591. The maximum absolute atomic E-state index is 12.2. The molecule has 29 heavy (non-hydrogen) atoms. The van der Waals surface area contributed by atoms with Gasteiger partial charge in [0.05, 0.1) is 5.39 Å². The topological polar surface area (TPSA) is 118 Å². The highest BCUT2D eigenvalue weighted by atomic mass is 32.2. The number of thiophene rings is 1. The number of nitrogens with zero attached hydrogens (tertiary/aromatic N) is 1. The average molecular weight is 434 g/mol. The Balaban J connectivity index is 1.57. The van der Waals surface area contributed by atoms with Crippen molar-refractivity contribution >= 4 is 43.6 Å². The third-order valence-electron chi connectivity index (χ3n) is 4.11. The van der Waals surface area contributed by atoms with E-state index >= 15 is 0 Å². The number of carbonyl (C=O) groups is 1. The highest BCUT2D eigenvalue weighted by Crippen LogP contribution is 2.25. The zero-order valence-corrected chi connectivity index (χ0v) is 17.4. The molecule has 0 radical (unpaired) electrons. The van der Waals surface area contributed by atoms with E-state index in [1.54, 1.807) is 24.3 Å². The summed E-state index contributed by atoms with van der Waals surface area (Å²) in [4.78, 5) is 32.5. The number of H-pyrrole nitrogens is 1. The third-order valence-corrected chi connectivity index (χ3v) is 6.26. The Morgan fingerprint density at radius 3 is 2.72 bits per heavy atom. The lowest BCUT2D eigenvalue weighted by atomic mass is 10.2. The quantitative estimate of drug-likeness (QED) is 0.552. The number of aryl methyl sites for hydroxylation is 2. The van der Waals surface area contributed by atoms with Crippen LogP contribution in [0.25, 0.3) is 16.3 Å². The van der Waals surface area contributed by atoms with Crippen LogP contribution in [0.15, 0.2) is 40.5 Å². The van der Waals surface area contributed by atoms with Gasteiger partial charge in [-0.25, -0.2) is 18.1 Å². The van der Waals surface area contributed by atoms with Gasteiger partial charge in [0, 0.05) is 10.3 Å². The Morgan fingerprint density at radius 2 is 2.00 bits per heavy atom. The first-order valence-corrected chi connectivity index (χ1v) is 11.0. The normalized spacial score (nSPS) is 11.9. The van der Waals surface area contributed by atoms with Crippen molar-refractivity contribution in [1.82, 2.24) is 14.7 Å². The SMILES string of the molecule is Cc1sc2nc(COC(=O)CNS(=O)(=O)/C=C/c3ccccc3)[nH]c(=O)c2c1C. The van der Waals surface area contributed by atoms with E-state index in [0.717, 1.165) is 15.8 Å². The Kier molecular flexibility index (Phi) is 6.26. The van der Waals surface area contributed by atoms with Crippen molar-refractivity contribution in [2.75, 3.05) is 6.54 Å². The lowest BCUT2D eigenvalue weighted by Crippen LogP contribution is -2.29. The Hall–Kier alpha value is -2.82. The van der Waals surface area contributed by atoms with Crippen LogP contribution in [0.1, 0.15) is 21.8 Å². The summed E-state index contributed by atoms with van der Waals surface area (Å²) in [5, 5.41) is 1.50. The van der Waals surface area contributed by atoms with Gasteiger partial charge in [-0.1, -0.05) is 30.3 Å². The Morgan fingerprint density at radius 1 is 1.28 bits per heavy atom. The number of fused-ring (bicyclic) bond motifs is 1. The van der Waals surface area contributed by atoms with Gasteiger partial charge in [0.1, 0.15) is 23.8 Å². The minimum absolute atomic E-state index is 0.198. The van der Waals surface area contributed by atoms with Crippen LogP contribution in [0.3, 0.4) is 0 Å². The summed E-state index contributed by atoms with van der Waals surface area (Å²) < 4.78 is 31.0. The predicted octanol–water partition coefficient (Wildman–Crippen LogP) is 2.23. The number of sulfonamides is 1. The molecule has 0 bridgehead atoms. The van der Waals surface area contributed by atoms with E-state index in [-0.39, 0.29) is 18.0 Å². The molecule has 0 unspecified atom stereocenters.